The maximum absolute atomic E-state index is 12.6. The number of carbonyl (C=O) groups excluding carboxylic acids is 1. The third kappa shape index (κ3) is 3.16. The van der Waals surface area contributed by atoms with Crippen LogP contribution in [0, 0.1) is 5.92 Å². The van der Waals surface area contributed by atoms with Crippen molar-refractivity contribution in [3.8, 4) is 5.75 Å². The first kappa shape index (κ1) is 15.3. The van der Waals surface area contributed by atoms with Gasteiger partial charge in [-0.05, 0) is 30.8 Å². The molecule has 0 bridgehead atoms. The molecule has 0 spiro atoms. The summed E-state index contributed by atoms with van der Waals surface area (Å²) in [7, 11) is 0. The van der Waals surface area contributed by atoms with Gasteiger partial charge in [-0.1, -0.05) is 37.3 Å². The number of nitrogens with zero attached hydrogens (tertiary/aromatic N) is 1. The minimum atomic E-state index is -0.152. The summed E-state index contributed by atoms with van der Waals surface area (Å²) in [5, 5.41) is 12.0. The highest BCUT2D eigenvalue weighted by atomic mass is 16.3. The SMILES string of the molecule is CCN(CC(C)CN)C(=O)c1ccc2ccccc2c1O. The van der Waals surface area contributed by atoms with E-state index >= 15 is 0 Å². The topological polar surface area (TPSA) is 66.6 Å². The first-order valence-corrected chi connectivity index (χ1v) is 7.28. The highest BCUT2D eigenvalue weighted by Crippen LogP contribution is 2.29. The fraction of sp³-hybridized carbons (Fsp3) is 0.353. The van der Waals surface area contributed by atoms with Gasteiger partial charge in [0.1, 0.15) is 5.75 Å². The van der Waals surface area contributed by atoms with Crippen LogP contribution in [0.3, 0.4) is 0 Å². The molecule has 0 aromatic heterocycles. The van der Waals surface area contributed by atoms with Gasteiger partial charge >= 0.3 is 0 Å². The van der Waals surface area contributed by atoms with Gasteiger partial charge in [0.2, 0.25) is 0 Å². The first-order chi connectivity index (χ1) is 10.1. The lowest BCUT2D eigenvalue weighted by molar-refractivity contribution is 0.0741. The molecular weight excluding hydrogens is 264 g/mol. The van der Waals surface area contributed by atoms with E-state index in [1.807, 2.05) is 44.2 Å². The number of amides is 1. The monoisotopic (exact) mass is 286 g/mol. The predicted octanol–water partition coefficient (Wildman–Crippen LogP) is 2.60. The lowest BCUT2D eigenvalue weighted by Crippen LogP contribution is -2.36. The number of phenols is 1. The molecule has 4 heteroatoms. The Morgan fingerprint density at radius 2 is 2.00 bits per heavy atom. The number of hydrogen-bond acceptors (Lipinski definition) is 3. The van der Waals surface area contributed by atoms with Gasteiger partial charge in [0.05, 0.1) is 5.56 Å². The summed E-state index contributed by atoms with van der Waals surface area (Å²) in [6.07, 6.45) is 0. The average molecular weight is 286 g/mol. The van der Waals surface area contributed by atoms with Crippen molar-refractivity contribution in [3.63, 3.8) is 0 Å². The molecule has 0 aliphatic heterocycles. The Morgan fingerprint density at radius 1 is 1.29 bits per heavy atom. The van der Waals surface area contributed by atoms with Crippen molar-refractivity contribution in [1.82, 2.24) is 4.90 Å². The summed E-state index contributed by atoms with van der Waals surface area (Å²) < 4.78 is 0. The van der Waals surface area contributed by atoms with Crippen LogP contribution in [0.1, 0.15) is 24.2 Å². The molecule has 21 heavy (non-hydrogen) atoms. The number of hydrogen-bond donors (Lipinski definition) is 2. The summed E-state index contributed by atoms with van der Waals surface area (Å²) in [5.41, 5.74) is 5.98. The molecule has 0 heterocycles. The van der Waals surface area contributed by atoms with E-state index in [0.29, 0.717) is 30.6 Å². The van der Waals surface area contributed by atoms with E-state index in [9.17, 15) is 9.90 Å². The van der Waals surface area contributed by atoms with Crippen LogP contribution in [0.15, 0.2) is 36.4 Å². The number of benzene rings is 2. The second-order valence-corrected chi connectivity index (χ2v) is 5.37. The van der Waals surface area contributed by atoms with E-state index < -0.39 is 0 Å². The Bertz CT molecular complexity index is 640. The number of rotatable bonds is 5. The van der Waals surface area contributed by atoms with E-state index in [2.05, 4.69) is 0 Å². The molecule has 4 nitrogen and oxygen atoms in total. The van der Waals surface area contributed by atoms with Crippen LogP contribution in [-0.2, 0) is 0 Å². The molecule has 0 aliphatic rings. The molecule has 0 saturated heterocycles. The van der Waals surface area contributed by atoms with Crippen molar-refractivity contribution >= 4 is 16.7 Å². The Labute approximate surface area is 125 Å². The molecule has 0 radical (unpaired) electrons. The molecule has 1 unspecified atom stereocenters. The van der Waals surface area contributed by atoms with Gasteiger partial charge < -0.3 is 15.7 Å². The molecule has 0 aliphatic carbocycles. The van der Waals surface area contributed by atoms with E-state index in [0.717, 1.165) is 5.39 Å². The Balaban J connectivity index is 2.36. The maximum Gasteiger partial charge on any atom is 0.257 e. The van der Waals surface area contributed by atoms with Gasteiger partial charge in [-0.2, -0.15) is 0 Å². The quantitative estimate of drug-likeness (QED) is 0.888. The average Bonchev–Trinajstić information content (AvgIpc) is 2.52. The first-order valence-electron chi connectivity index (χ1n) is 7.28. The third-order valence-electron chi connectivity index (χ3n) is 3.73. The van der Waals surface area contributed by atoms with Crippen LogP contribution in [0.4, 0.5) is 0 Å². The van der Waals surface area contributed by atoms with Crippen LogP contribution in [-0.4, -0.2) is 35.5 Å². The van der Waals surface area contributed by atoms with Crippen molar-refractivity contribution in [2.24, 2.45) is 11.7 Å². The minimum Gasteiger partial charge on any atom is -0.506 e. The zero-order chi connectivity index (χ0) is 15.4. The van der Waals surface area contributed by atoms with E-state index in [1.165, 1.54) is 0 Å². The van der Waals surface area contributed by atoms with Gasteiger partial charge in [0.15, 0.2) is 0 Å². The fourth-order valence-electron chi connectivity index (χ4n) is 2.40. The molecule has 0 fully saturated rings. The molecule has 1 atom stereocenters. The number of fused-ring (bicyclic) bond motifs is 1. The molecule has 2 aromatic rings. The van der Waals surface area contributed by atoms with Crippen molar-refractivity contribution in [1.29, 1.82) is 0 Å². The van der Waals surface area contributed by atoms with E-state index in [-0.39, 0.29) is 17.6 Å². The summed E-state index contributed by atoms with van der Waals surface area (Å²) >= 11 is 0. The van der Waals surface area contributed by atoms with Gasteiger partial charge in [-0.3, -0.25) is 4.79 Å². The van der Waals surface area contributed by atoms with Crippen LogP contribution in [0.25, 0.3) is 10.8 Å². The number of phenolic OH excluding ortho intramolecular Hbond substituents is 1. The van der Waals surface area contributed by atoms with Crippen molar-refractivity contribution < 1.29 is 9.90 Å². The Morgan fingerprint density at radius 3 is 2.67 bits per heavy atom. The smallest absolute Gasteiger partial charge is 0.257 e. The summed E-state index contributed by atoms with van der Waals surface area (Å²) in [5.74, 6) is 0.134. The van der Waals surface area contributed by atoms with Gasteiger partial charge in [0, 0.05) is 18.5 Å². The van der Waals surface area contributed by atoms with Gasteiger partial charge in [-0.25, -0.2) is 0 Å². The number of aromatic hydroxyl groups is 1. The molecule has 2 aromatic carbocycles. The molecule has 0 saturated carbocycles. The molecule has 2 rings (SSSR count). The number of carbonyl (C=O) groups is 1. The van der Waals surface area contributed by atoms with Crippen molar-refractivity contribution in [3.05, 3.63) is 42.0 Å². The van der Waals surface area contributed by atoms with Crippen molar-refractivity contribution in [2.45, 2.75) is 13.8 Å². The van der Waals surface area contributed by atoms with Crippen LogP contribution in [0.5, 0.6) is 5.75 Å². The highest BCUT2D eigenvalue weighted by molar-refractivity contribution is 6.03. The van der Waals surface area contributed by atoms with Crippen LogP contribution < -0.4 is 5.73 Å². The largest absolute Gasteiger partial charge is 0.506 e. The third-order valence-corrected chi connectivity index (χ3v) is 3.73. The fourth-order valence-corrected chi connectivity index (χ4v) is 2.40. The molecule has 1 amide bonds. The Kier molecular flexibility index (Phi) is 4.81. The van der Waals surface area contributed by atoms with Crippen molar-refractivity contribution in [2.75, 3.05) is 19.6 Å². The zero-order valence-corrected chi connectivity index (χ0v) is 12.5. The highest BCUT2D eigenvalue weighted by Gasteiger charge is 2.20. The summed E-state index contributed by atoms with van der Waals surface area (Å²) in [4.78, 5) is 14.3. The second-order valence-electron chi connectivity index (χ2n) is 5.37. The lowest BCUT2D eigenvalue weighted by atomic mass is 10.0. The van der Waals surface area contributed by atoms with Gasteiger partial charge in [0.25, 0.3) is 5.91 Å². The summed E-state index contributed by atoms with van der Waals surface area (Å²) in [6.45, 7) is 5.66. The molecular formula is C17H22N2O2. The predicted molar refractivity (Wildman–Crippen MR) is 85.4 cm³/mol. The van der Waals surface area contributed by atoms with Crippen LogP contribution >= 0.6 is 0 Å². The van der Waals surface area contributed by atoms with Gasteiger partial charge in [-0.15, -0.1) is 0 Å². The lowest BCUT2D eigenvalue weighted by Gasteiger charge is -2.24. The molecule has 3 N–H and O–H groups in total. The standard InChI is InChI=1S/C17H22N2O2/c1-3-19(11-12(2)10-18)17(21)15-9-8-13-6-4-5-7-14(13)16(15)20/h4-9,12,20H,3,10-11,18H2,1-2H3. The normalized spacial score (nSPS) is 12.3. The Hall–Kier alpha value is -2.07. The molecule has 112 valence electrons. The maximum atomic E-state index is 12.6. The van der Waals surface area contributed by atoms with Crippen LogP contribution in [0.2, 0.25) is 0 Å². The summed E-state index contributed by atoms with van der Waals surface area (Å²) in [6, 6.07) is 11.0. The second kappa shape index (κ2) is 6.59. The zero-order valence-electron chi connectivity index (χ0n) is 12.5. The number of nitrogens with two attached hydrogens (primary N) is 1. The minimum absolute atomic E-state index is 0.0527. The van der Waals surface area contributed by atoms with E-state index in [4.69, 9.17) is 5.73 Å². The van der Waals surface area contributed by atoms with E-state index in [1.54, 1.807) is 11.0 Å².